The Hall–Kier alpha value is -2.96. The minimum Gasteiger partial charge on any atom is -0.434 e. The first-order chi connectivity index (χ1) is 9.63. The van der Waals surface area contributed by atoms with Crippen LogP contribution in [0, 0.1) is 17.0 Å². The smallest absolute Gasteiger partial charge is 0.331 e. The number of fused-ring (bicyclic) bond motifs is 1. The Morgan fingerprint density at radius 1 is 1.30 bits per heavy atom. The summed E-state index contributed by atoms with van der Waals surface area (Å²) in [6.45, 7) is 1.74. The number of ether oxygens (including phenoxy) is 1. The van der Waals surface area contributed by atoms with Crippen LogP contribution in [0.4, 0.5) is 5.69 Å². The van der Waals surface area contributed by atoms with E-state index in [1.54, 1.807) is 25.3 Å². The van der Waals surface area contributed by atoms with E-state index in [-0.39, 0.29) is 11.6 Å². The first-order valence-electron chi connectivity index (χ1n) is 5.85. The van der Waals surface area contributed by atoms with Gasteiger partial charge in [0.1, 0.15) is 5.75 Å². The summed E-state index contributed by atoms with van der Waals surface area (Å²) in [5.41, 5.74) is 1.33. The number of rotatable bonds is 3. The van der Waals surface area contributed by atoms with Crippen LogP contribution in [0.25, 0.3) is 10.9 Å². The van der Waals surface area contributed by atoms with Crippen molar-refractivity contribution in [2.45, 2.75) is 6.92 Å². The molecular weight excluding hydrogens is 260 g/mol. The molecule has 3 rings (SSSR count). The number of aromatic amines is 1. The van der Waals surface area contributed by atoms with Crippen LogP contribution in [0.15, 0.2) is 36.7 Å². The molecule has 20 heavy (non-hydrogen) atoms. The number of H-pyrrole nitrogens is 1. The molecule has 2 aromatic heterocycles. The number of hydrogen-bond acceptors (Lipinski definition) is 5. The highest BCUT2D eigenvalue weighted by Crippen LogP contribution is 2.30. The number of nitro groups is 1. The molecule has 0 radical (unpaired) electrons. The molecule has 0 bridgehead atoms. The summed E-state index contributed by atoms with van der Waals surface area (Å²) in [5, 5.41) is 18.6. The Bertz CT molecular complexity index is 797. The Kier molecular flexibility index (Phi) is 2.79. The van der Waals surface area contributed by atoms with E-state index in [9.17, 15) is 10.1 Å². The second-order valence-electron chi connectivity index (χ2n) is 4.32. The number of nitrogens with one attached hydrogen (secondary N) is 1. The molecule has 2 heterocycles. The van der Waals surface area contributed by atoms with Crippen LogP contribution in [-0.2, 0) is 0 Å². The van der Waals surface area contributed by atoms with Gasteiger partial charge in [0.2, 0.25) is 0 Å². The summed E-state index contributed by atoms with van der Waals surface area (Å²) in [6, 6.07) is 6.67. The van der Waals surface area contributed by atoms with Crippen molar-refractivity contribution in [3.63, 3.8) is 0 Å². The third-order valence-electron chi connectivity index (χ3n) is 2.79. The molecule has 0 atom stereocenters. The van der Waals surface area contributed by atoms with Crippen molar-refractivity contribution < 1.29 is 9.66 Å². The van der Waals surface area contributed by atoms with Crippen molar-refractivity contribution in [2.24, 2.45) is 0 Å². The Morgan fingerprint density at radius 2 is 2.15 bits per heavy atom. The molecule has 0 unspecified atom stereocenters. The van der Waals surface area contributed by atoms with Gasteiger partial charge >= 0.3 is 5.69 Å². The van der Waals surface area contributed by atoms with Crippen LogP contribution < -0.4 is 4.74 Å². The third-order valence-corrected chi connectivity index (χ3v) is 2.79. The zero-order valence-corrected chi connectivity index (χ0v) is 10.5. The van der Waals surface area contributed by atoms with Crippen LogP contribution in [0.5, 0.6) is 11.6 Å². The molecule has 3 aromatic rings. The first-order valence-corrected chi connectivity index (χ1v) is 5.85. The van der Waals surface area contributed by atoms with Crippen molar-refractivity contribution in [3.8, 4) is 11.6 Å². The number of aromatic nitrogens is 3. The summed E-state index contributed by atoms with van der Waals surface area (Å²) in [5.74, 6) is 0.431. The van der Waals surface area contributed by atoms with Crippen molar-refractivity contribution in [1.82, 2.24) is 15.2 Å². The average Bonchev–Trinajstić information content (AvgIpc) is 2.88. The lowest BCUT2D eigenvalue weighted by Crippen LogP contribution is -1.96. The van der Waals surface area contributed by atoms with Crippen LogP contribution in [0.3, 0.4) is 0 Å². The van der Waals surface area contributed by atoms with Crippen LogP contribution in [0.2, 0.25) is 0 Å². The van der Waals surface area contributed by atoms with Gasteiger partial charge in [-0.2, -0.15) is 5.10 Å². The SMILES string of the molecule is Cc1cnc(Oc2ccc3cn[nH]c3c2)c([N+](=O)[O-])c1. The molecule has 0 fully saturated rings. The molecule has 7 heteroatoms. The highest BCUT2D eigenvalue weighted by Gasteiger charge is 2.17. The maximum absolute atomic E-state index is 11.0. The molecule has 0 saturated carbocycles. The predicted octanol–water partition coefficient (Wildman–Crippen LogP) is 2.97. The van der Waals surface area contributed by atoms with Gasteiger partial charge in [0.25, 0.3) is 5.88 Å². The summed E-state index contributed by atoms with van der Waals surface area (Å²) in [4.78, 5) is 14.5. The minimum absolute atomic E-state index is 0.0283. The van der Waals surface area contributed by atoms with E-state index in [0.29, 0.717) is 11.3 Å². The van der Waals surface area contributed by atoms with Crippen molar-refractivity contribution in [3.05, 3.63) is 52.3 Å². The molecule has 0 amide bonds. The fourth-order valence-electron chi connectivity index (χ4n) is 1.84. The molecule has 0 saturated heterocycles. The summed E-state index contributed by atoms with van der Waals surface area (Å²) >= 11 is 0. The van der Waals surface area contributed by atoms with Crippen molar-refractivity contribution in [2.75, 3.05) is 0 Å². The molecule has 0 aliphatic carbocycles. The van der Waals surface area contributed by atoms with E-state index in [0.717, 1.165) is 10.9 Å². The number of benzene rings is 1. The van der Waals surface area contributed by atoms with E-state index >= 15 is 0 Å². The topological polar surface area (TPSA) is 93.9 Å². The first kappa shape index (κ1) is 12.1. The molecule has 1 aromatic carbocycles. The molecule has 0 aliphatic rings. The highest BCUT2D eigenvalue weighted by molar-refractivity contribution is 5.79. The quantitative estimate of drug-likeness (QED) is 0.583. The number of nitrogens with zero attached hydrogens (tertiary/aromatic N) is 3. The van der Waals surface area contributed by atoms with Gasteiger partial charge in [-0.25, -0.2) is 4.98 Å². The van der Waals surface area contributed by atoms with E-state index in [2.05, 4.69) is 15.2 Å². The van der Waals surface area contributed by atoms with Gasteiger partial charge in [0.15, 0.2) is 0 Å². The maximum Gasteiger partial charge on any atom is 0.331 e. The molecule has 100 valence electrons. The van der Waals surface area contributed by atoms with Crippen LogP contribution in [0.1, 0.15) is 5.56 Å². The highest BCUT2D eigenvalue weighted by atomic mass is 16.6. The Balaban J connectivity index is 1.99. The Morgan fingerprint density at radius 3 is 2.95 bits per heavy atom. The van der Waals surface area contributed by atoms with E-state index in [4.69, 9.17) is 4.74 Å². The largest absolute Gasteiger partial charge is 0.434 e. The van der Waals surface area contributed by atoms with Crippen molar-refractivity contribution in [1.29, 1.82) is 0 Å². The van der Waals surface area contributed by atoms with Gasteiger partial charge in [-0.15, -0.1) is 0 Å². The van der Waals surface area contributed by atoms with E-state index in [1.807, 2.05) is 6.07 Å². The van der Waals surface area contributed by atoms with Gasteiger partial charge in [-0.3, -0.25) is 15.2 Å². The fourth-order valence-corrected chi connectivity index (χ4v) is 1.84. The van der Waals surface area contributed by atoms with Crippen LogP contribution in [-0.4, -0.2) is 20.1 Å². The zero-order valence-electron chi connectivity index (χ0n) is 10.5. The second-order valence-corrected chi connectivity index (χ2v) is 4.32. The van der Waals surface area contributed by atoms with Crippen LogP contribution >= 0.6 is 0 Å². The Labute approximate surface area is 113 Å². The summed E-state index contributed by atoms with van der Waals surface area (Å²) in [7, 11) is 0. The van der Waals surface area contributed by atoms with Gasteiger partial charge in [0.05, 0.1) is 16.6 Å². The molecule has 7 nitrogen and oxygen atoms in total. The van der Waals surface area contributed by atoms with Gasteiger partial charge in [0, 0.05) is 23.7 Å². The number of aryl methyl sites for hydroxylation is 1. The summed E-state index contributed by atoms with van der Waals surface area (Å²) in [6.07, 6.45) is 3.21. The molecular formula is C13H10N4O3. The average molecular weight is 270 g/mol. The maximum atomic E-state index is 11.0. The number of hydrogen-bond donors (Lipinski definition) is 1. The normalized spacial score (nSPS) is 10.7. The molecule has 0 spiro atoms. The third kappa shape index (κ3) is 2.16. The lowest BCUT2D eigenvalue weighted by Gasteiger charge is -2.05. The predicted molar refractivity (Wildman–Crippen MR) is 71.8 cm³/mol. The second kappa shape index (κ2) is 4.61. The van der Waals surface area contributed by atoms with Gasteiger partial charge in [-0.1, -0.05) is 0 Å². The van der Waals surface area contributed by atoms with Crippen molar-refractivity contribution >= 4 is 16.6 Å². The van der Waals surface area contributed by atoms with Gasteiger partial charge < -0.3 is 4.74 Å². The number of pyridine rings is 1. The van der Waals surface area contributed by atoms with E-state index in [1.165, 1.54) is 12.3 Å². The summed E-state index contributed by atoms with van der Waals surface area (Å²) < 4.78 is 5.50. The standard InChI is InChI=1S/C13H10N4O3/c1-8-4-12(17(18)19)13(14-6-8)20-10-3-2-9-7-15-16-11(9)5-10/h2-7H,1H3,(H,15,16). The van der Waals surface area contributed by atoms with E-state index < -0.39 is 4.92 Å². The fraction of sp³-hybridized carbons (Fsp3) is 0.0769. The zero-order chi connectivity index (χ0) is 14.1. The minimum atomic E-state index is -0.510. The lowest BCUT2D eigenvalue weighted by atomic mass is 10.2. The monoisotopic (exact) mass is 270 g/mol. The lowest BCUT2D eigenvalue weighted by molar-refractivity contribution is -0.386. The molecule has 1 N–H and O–H groups in total. The molecule has 0 aliphatic heterocycles. The van der Waals surface area contributed by atoms with Gasteiger partial charge in [-0.05, 0) is 24.6 Å².